The average Bonchev–Trinajstić information content (AvgIpc) is 2.60. The van der Waals surface area contributed by atoms with Gasteiger partial charge < -0.3 is 0 Å². The Labute approximate surface area is 57.0 Å². The summed E-state index contributed by atoms with van der Waals surface area (Å²) in [5.74, 6) is 4.87. The summed E-state index contributed by atoms with van der Waals surface area (Å²) in [4.78, 5) is 0. The number of allylic oxidation sites excluding steroid dienone is 2. The van der Waals surface area contributed by atoms with Crippen LogP contribution < -0.4 is 0 Å². The molecule has 0 aromatic rings. The third kappa shape index (κ3) is 0.861. The Morgan fingerprint density at radius 2 is 1.78 bits per heavy atom. The molecule has 0 unspecified atom stereocenters. The highest BCUT2D eigenvalue weighted by atomic mass is 31.2. The summed E-state index contributed by atoms with van der Waals surface area (Å²) in [5.41, 5.74) is 1.08. The first kappa shape index (κ1) is 5.68. The highest BCUT2D eigenvalue weighted by molar-refractivity contribution is 7.82. The van der Waals surface area contributed by atoms with E-state index in [0.29, 0.717) is 0 Å². The van der Waals surface area contributed by atoms with Crippen LogP contribution in [0.25, 0.3) is 0 Å². The van der Waals surface area contributed by atoms with Crippen LogP contribution in [0.2, 0.25) is 0 Å². The first-order valence-corrected chi connectivity index (χ1v) is 5.98. The molecule has 0 saturated heterocycles. The molecule has 0 bridgehead atoms. The molecular formula is C8H12P+. The van der Waals surface area contributed by atoms with Crippen molar-refractivity contribution >= 4 is 7.26 Å². The molecule has 2 rings (SSSR count). The van der Waals surface area contributed by atoms with E-state index in [1.807, 2.05) is 0 Å². The molecule has 0 aromatic heterocycles. The minimum absolute atomic E-state index is 0.642. The summed E-state index contributed by atoms with van der Waals surface area (Å²) < 4.78 is 0. The van der Waals surface area contributed by atoms with E-state index in [9.17, 15) is 0 Å². The van der Waals surface area contributed by atoms with Gasteiger partial charge in [0.15, 0.2) is 0 Å². The maximum atomic E-state index is 2.44. The second-order valence-corrected chi connectivity index (χ2v) is 6.91. The number of hydrogen-bond acceptors (Lipinski definition) is 0. The number of hydrogen-bond donors (Lipinski definition) is 0. The van der Waals surface area contributed by atoms with Crippen molar-refractivity contribution in [3.63, 3.8) is 0 Å². The quantitative estimate of drug-likeness (QED) is 0.490. The van der Waals surface area contributed by atoms with Gasteiger partial charge in [0.1, 0.15) is 0 Å². The second kappa shape index (κ2) is 1.70. The Hall–Kier alpha value is -0.0900. The van der Waals surface area contributed by atoms with Crippen molar-refractivity contribution in [3.8, 4) is 0 Å². The van der Waals surface area contributed by atoms with Crippen LogP contribution in [0.1, 0.15) is 12.8 Å². The van der Waals surface area contributed by atoms with Crippen LogP contribution in [-0.4, -0.2) is 12.3 Å². The molecule has 1 fully saturated rings. The molecule has 0 amide bonds. The first-order chi connectivity index (χ1) is 4.31. The monoisotopic (exact) mass is 139 g/mol. The molecule has 1 aliphatic carbocycles. The summed E-state index contributed by atoms with van der Waals surface area (Å²) in [6, 6.07) is 0. The van der Waals surface area contributed by atoms with Crippen molar-refractivity contribution in [1.82, 2.24) is 0 Å². The van der Waals surface area contributed by atoms with Gasteiger partial charge in [-0.25, -0.2) is 0 Å². The van der Waals surface area contributed by atoms with Crippen molar-refractivity contribution in [2.24, 2.45) is 0 Å². The normalized spacial score (nSPS) is 29.4. The smallest absolute Gasteiger partial charge is 0.0236 e. The van der Waals surface area contributed by atoms with Crippen molar-refractivity contribution in [1.29, 1.82) is 0 Å². The zero-order valence-corrected chi connectivity index (χ0v) is 6.64. The molecule has 0 atom stereocenters. The number of rotatable bonds is 1. The van der Waals surface area contributed by atoms with Crippen LogP contribution in [-0.2, 0) is 0 Å². The zero-order valence-electron chi connectivity index (χ0n) is 5.75. The molecule has 1 saturated carbocycles. The minimum Gasteiger partial charge on any atom is -0.0236 e. The summed E-state index contributed by atoms with van der Waals surface area (Å²) >= 11 is 0. The maximum Gasteiger partial charge on any atom is 0.0780 e. The standard InChI is InChI=1S/C8H12P/c1-9(8-4-5-8)6-2-3-7-9/h2-3,6-8H,4-5H2,1H3/q+1. The van der Waals surface area contributed by atoms with Crippen molar-refractivity contribution in [2.75, 3.05) is 6.66 Å². The molecule has 0 radical (unpaired) electrons. The fourth-order valence-electron chi connectivity index (χ4n) is 1.39. The maximum absolute atomic E-state index is 2.44. The SMILES string of the molecule is C[P+]1(C2CC2)C=CC=C1. The van der Waals surface area contributed by atoms with E-state index in [0.717, 1.165) is 5.66 Å². The molecule has 48 valence electrons. The van der Waals surface area contributed by atoms with Gasteiger partial charge in [0, 0.05) is 0 Å². The molecule has 9 heavy (non-hydrogen) atoms. The van der Waals surface area contributed by atoms with Gasteiger partial charge >= 0.3 is 0 Å². The molecule has 2 aliphatic rings. The molecule has 1 aliphatic heterocycles. The predicted octanol–water partition coefficient (Wildman–Crippen LogP) is 2.84. The second-order valence-electron chi connectivity index (χ2n) is 3.14. The Morgan fingerprint density at radius 1 is 1.22 bits per heavy atom. The molecule has 1 heteroatoms. The lowest BCUT2D eigenvalue weighted by Crippen LogP contribution is -1.85. The highest BCUT2D eigenvalue weighted by Gasteiger charge is 2.46. The van der Waals surface area contributed by atoms with E-state index in [2.05, 4.69) is 30.5 Å². The summed E-state index contributed by atoms with van der Waals surface area (Å²) in [6.45, 7) is 2.44. The van der Waals surface area contributed by atoms with E-state index in [1.165, 1.54) is 12.8 Å². The van der Waals surface area contributed by atoms with E-state index in [-0.39, 0.29) is 0 Å². The third-order valence-corrected chi connectivity index (χ3v) is 5.98. The van der Waals surface area contributed by atoms with Crippen molar-refractivity contribution in [3.05, 3.63) is 23.8 Å². The first-order valence-electron chi connectivity index (χ1n) is 3.54. The molecular weight excluding hydrogens is 127 g/mol. The van der Waals surface area contributed by atoms with Gasteiger partial charge in [0.25, 0.3) is 0 Å². The largest absolute Gasteiger partial charge is 0.0780 e. The Kier molecular flexibility index (Phi) is 1.07. The van der Waals surface area contributed by atoms with Gasteiger partial charge in [-0.05, 0) is 25.0 Å². The highest BCUT2D eigenvalue weighted by Crippen LogP contribution is 2.71. The van der Waals surface area contributed by atoms with E-state index in [4.69, 9.17) is 0 Å². The Morgan fingerprint density at radius 3 is 2.22 bits per heavy atom. The van der Waals surface area contributed by atoms with Gasteiger partial charge in [-0.15, -0.1) is 0 Å². The van der Waals surface area contributed by atoms with Gasteiger partial charge in [0.2, 0.25) is 0 Å². The summed E-state index contributed by atoms with van der Waals surface area (Å²) in [7, 11) is -0.642. The van der Waals surface area contributed by atoms with Crippen LogP contribution in [0.4, 0.5) is 0 Å². The van der Waals surface area contributed by atoms with Crippen LogP contribution in [0.3, 0.4) is 0 Å². The topological polar surface area (TPSA) is 0 Å². The van der Waals surface area contributed by atoms with E-state index >= 15 is 0 Å². The van der Waals surface area contributed by atoms with Crippen LogP contribution in [0.5, 0.6) is 0 Å². The summed E-state index contributed by atoms with van der Waals surface area (Å²) in [5, 5.41) is 0. The van der Waals surface area contributed by atoms with Crippen molar-refractivity contribution < 1.29 is 0 Å². The van der Waals surface area contributed by atoms with Crippen LogP contribution >= 0.6 is 7.26 Å². The lowest BCUT2D eigenvalue weighted by atomic mass is 10.6. The molecule has 0 N–H and O–H groups in total. The van der Waals surface area contributed by atoms with Crippen molar-refractivity contribution in [2.45, 2.75) is 18.5 Å². The minimum atomic E-state index is -0.642. The van der Waals surface area contributed by atoms with Crippen LogP contribution in [0.15, 0.2) is 23.8 Å². The third-order valence-electron chi connectivity index (χ3n) is 2.26. The lowest BCUT2D eigenvalue weighted by molar-refractivity contribution is 1.47. The predicted molar refractivity (Wildman–Crippen MR) is 44.1 cm³/mol. The van der Waals surface area contributed by atoms with Gasteiger partial charge in [-0.2, -0.15) is 0 Å². The van der Waals surface area contributed by atoms with Gasteiger partial charge in [0.05, 0.1) is 31.2 Å². The molecule has 0 aromatic carbocycles. The summed E-state index contributed by atoms with van der Waals surface area (Å²) in [6.07, 6.45) is 7.40. The van der Waals surface area contributed by atoms with E-state index < -0.39 is 7.26 Å². The molecule has 0 spiro atoms. The van der Waals surface area contributed by atoms with Crippen LogP contribution in [0, 0.1) is 0 Å². The fourth-order valence-corrected chi connectivity index (χ4v) is 4.18. The van der Waals surface area contributed by atoms with E-state index in [1.54, 1.807) is 0 Å². The van der Waals surface area contributed by atoms with Gasteiger partial charge in [-0.3, -0.25) is 0 Å². The average molecular weight is 139 g/mol. The zero-order chi connectivity index (χ0) is 6.32. The fraction of sp³-hybridized carbons (Fsp3) is 0.500. The Bertz CT molecular complexity index is 163. The molecule has 0 nitrogen and oxygen atoms in total. The molecule has 1 heterocycles. The Balaban J connectivity index is 2.22. The van der Waals surface area contributed by atoms with Gasteiger partial charge in [-0.1, -0.05) is 0 Å². The lowest BCUT2D eigenvalue weighted by Gasteiger charge is -2.08.